The number of carbonyl (C=O) groups excluding carboxylic acids is 1. The smallest absolute Gasteiger partial charge is 0.222 e. The Bertz CT molecular complexity index is 1590. The molecule has 0 atom stereocenters. The molecular weight excluding hydrogens is 462 g/mol. The largest absolute Gasteiger partial charge is 0.382 e. The van der Waals surface area contributed by atoms with Crippen LogP contribution in [0.3, 0.4) is 0 Å². The van der Waals surface area contributed by atoms with E-state index in [0.29, 0.717) is 5.82 Å². The van der Waals surface area contributed by atoms with Crippen LogP contribution in [0.2, 0.25) is 0 Å². The van der Waals surface area contributed by atoms with Gasteiger partial charge in [-0.3, -0.25) is 9.20 Å². The van der Waals surface area contributed by atoms with Gasteiger partial charge in [0.1, 0.15) is 23.0 Å². The van der Waals surface area contributed by atoms with E-state index in [0.717, 1.165) is 70.7 Å². The van der Waals surface area contributed by atoms with E-state index in [1.807, 2.05) is 54.7 Å². The molecule has 4 N–H and O–H groups in total. The molecule has 6 rings (SSSR count). The maximum Gasteiger partial charge on any atom is 0.222 e. The molecule has 1 amide bonds. The Labute approximate surface area is 215 Å². The first-order valence-corrected chi connectivity index (χ1v) is 12.7. The topological polar surface area (TPSA) is 110 Å². The average Bonchev–Trinajstić information content (AvgIpc) is 3.37. The molecule has 0 bridgehead atoms. The number of benzene rings is 2. The molecule has 0 radical (unpaired) electrons. The third-order valence-electron chi connectivity index (χ3n) is 7.32. The van der Waals surface area contributed by atoms with Crippen LogP contribution in [0, 0.1) is 5.92 Å². The van der Waals surface area contributed by atoms with Crippen LogP contribution in [0.15, 0.2) is 73.1 Å². The molecule has 5 aromatic rings. The SMILES string of the molecule is CNC(=O)C1CCC(c2ncc3c(N)nc(-c4ccc5ccc(Nc6ccccc6)nc5c4)cn23)CC1. The van der Waals surface area contributed by atoms with Gasteiger partial charge in [0.2, 0.25) is 5.91 Å². The molecule has 1 fully saturated rings. The van der Waals surface area contributed by atoms with Crippen molar-refractivity contribution in [1.82, 2.24) is 24.7 Å². The number of rotatable bonds is 5. The van der Waals surface area contributed by atoms with Crippen LogP contribution in [0.4, 0.5) is 17.3 Å². The Balaban J connectivity index is 1.32. The second-order valence-electron chi connectivity index (χ2n) is 9.64. The first kappa shape index (κ1) is 23.0. The molecule has 8 heteroatoms. The van der Waals surface area contributed by atoms with E-state index in [2.05, 4.69) is 27.2 Å². The van der Waals surface area contributed by atoms with E-state index in [4.69, 9.17) is 20.7 Å². The number of nitrogens with one attached hydrogen (secondary N) is 2. The molecule has 2 aromatic carbocycles. The lowest BCUT2D eigenvalue weighted by Crippen LogP contribution is -2.30. The minimum atomic E-state index is 0.0844. The maximum atomic E-state index is 12.1. The van der Waals surface area contributed by atoms with Crippen molar-refractivity contribution < 1.29 is 4.79 Å². The molecule has 0 aliphatic heterocycles. The number of carbonyl (C=O) groups is 1. The van der Waals surface area contributed by atoms with Gasteiger partial charge in [0.25, 0.3) is 0 Å². The molecule has 3 heterocycles. The standard InChI is InChI=1S/C29H29N7O/c1-31-29(37)20-10-8-19(9-11-20)28-32-16-25-27(30)35-24(17-36(25)28)21-12-7-18-13-14-26(34-23(18)15-21)33-22-5-3-2-4-6-22/h2-7,12-17,19-20H,8-11H2,1H3,(H2,30,35)(H,31,37)(H,33,34). The number of hydrogen-bond donors (Lipinski definition) is 3. The fourth-order valence-electron chi connectivity index (χ4n) is 5.31. The second kappa shape index (κ2) is 9.54. The lowest BCUT2D eigenvalue weighted by Gasteiger charge is -2.26. The Morgan fingerprint density at radius 1 is 1.00 bits per heavy atom. The first-order valence-electron chi connectivity index (χ1n) is 12.7. The van der Waals surface area contributed by atoms with Crippen molar-refractivity contribution in [3.8, 4) is 11.3 Å². The van der Waals surface area contributed by atoms with Gasteiger partial charge >= 0.3 is 0 Å². The number of aromatic nitrogens is 4. The highest BCUT2D eigenvalue weighted by atomic mass is 16.1. The number of para-hydroxylation sites is 1. The Kier molecular flexibility index (Phi) is 5.92. The molecule has 3 aromatic heterocycles. The molecule has 1 aliphatic carbocycles. The molecule has 186 valence electrons. The van der Waals surface area contributed by atoms with Crippen molar-refractivity contribution >= 4 is 39.6 Å². The third-order valence-corrected chi connectivity index (χ3v) is 7.32. The summed E-state index contributed by atoms with van der Waals surface area (Å²) in [6.07, 6.45) is 7.39. The number of hydrogen-bond acceptors (Lipinski definition) is 6. The summed E-state index contributed by atoms with van der Waals surface area (Å²) < 4.78 is 2.08. The van der Waals surface area contributed by atoms with Crippen LogP contribution in [-0.4, -0.2) is 32.3 Å². The van der Waals surface area contributed by atoms with E-state index < -0.39 is 0 Å². The van der Waals surface area contributed by atoms with Crippen molar-refractivity contribution in [2.75, 3.05) is 18.1 Å². The van der Waals surface area contributed by atoms with Crippen LogP contribution >= 0.6 is 0 Å². The van der Waals surface area contributed by atoms with Crippen molar-refractivity contribution in [2.24, 2.45) is 5.92 Å². The van der Waals surface area contributed by atoms with Crippen LogP contribution in [-0.2, 0) is 4.79 Å². The van der Waals surface area contributed by atoms with E-state index in [1.54, 1.807) is 13.2 Å². The van der Waals surface area contributed by atoms with E-state index >= 15 is 0 Å². The van der Waals surface area contributed by atoms with Crippen LogP contribution in [0.5, 0.6) is 0 Å². The number of imidazole rings is 1. The number of nitrogen functional groups attached to an aromatic ring is 1. The first-order chi connectivity index (χ1) is 18.1. The monoisotopic (exact) mass is 491 g/mol. The summed E-state index contributed by atoms with van der Waals surface area (Å²) in [5, 5.41) is 7.19. The highest BCUT2D eigenvalue weighted by molar-refractivity contribution is 5.86. The van der Waals surface area contributed by atoms with Gasteiger partial charge in [-0.05, 0) is 56.0 Å². The molecule has 0 saturated heterocycles. The predicted octanol–water partition coefficient (Wildman–Crippen LogP) is 5.29. The summed E-state index contributed by atoms with van der Waals surface area (Å²) in [6, 6.07) is 20.2. The number of amides is 1. The zero-order valence-electron chi connectivity index (χ0n) is 20.7. The number of pyridine rings is 1. The van der Waals surface area contributed by atoms with E-state index in [-0.39, 0.29) is 17.7 Å². The van der Waals surface area contributed by atoms with Gasteiger partial charge in [0.05, 0.1) is 17.4 Å². The molecule has 37 heavy (non-hydrogen) atoms. The number of anilines is 3. The van der Waals surface area contributed by atoms with Gasteiger partial charge < -0.3 is 16.4 Å². The number of fused-ring (bicyclic) bond motifs is 2. The van der Waals surface area contributed by atoms with Crippen molar-refractivity contribution in [1.29, 1.82) is 0 Å². The summed E-state index contributed by atoms with van der Waals surface area (Å²) in [5.41, 5.74) is 10.8. The fraction of sp³-hybridized carbons (Fsp3) is 0.241. The zero-order valence-corrected chi connectivity index (χ0v) is 20.7. The van der Waals surface area contributed by atoms with Crippen molar-refractivity contribution in [2.45, 2.75) is 31.6 Å². The molecule has 1 aliphatic rings. The summed E-state index contributed by atoms with van der Waals surface area (Å²) in [5.74, 6) is 2.71. The van der Waals surface area contributed by atoms with Crippen molar-refractivity contribution in [3.05, 3.63) is 78.9 Å². The van der Waals surface area contributed by atoms with Gasteiger partial charge in [0, 0.05) is 41.7 Å². The average molecular weight is 492 g/mol. The van der Waals surface area contributed by atoms with Crippen LogP contribution in [0.1, 0.15) is 37.4 Å². The number of nitrogens with two attached hydrogens (primary N) is 1. The molecular formula is C29H29N7O. The minimum Gasteiger partial charge on any atom is -0.382 e. The van der Waals surface area contributed by atoms with Gasteiger partial charge in [-0.15, -0.1) is 0 Å². The van der Waals surface area contributed by atoms with Crippen molar-refractivity contribution in [3.63, 3.8) is 0 Å². The van der Waals surface area contributed by atoms with Gasteiger partial charge in [-0.25, -0.2) is 15.0 Å². The maximum absolute atomic E-state index is 12.1. The lowest BCUT2D eigenvalue weighted by atomic mass is 9.81. The third kappa shape index (κ3) is 4.46. The van der Waals surface area contributed by atoms with Gasteiger partial charge in [-0.2, -0.15) is 0 Å². The predicted molar refractivity (Wildman–Crippen MR) is 147 cm³/mol. The quantitative estimate of drug-likeness (QED) is 0.308. The normalized spacial score (nSPS) is 17.6. The molecule has 1 saturated carbocycles. The second-order valence-corrected chi connectivity index (χ2v) is 9.64. The summed E-state index contributed by atoms with van der Waals surface area (Å²) >= 11 is 0. The highest BCUT2D eigenvalue weighted by Crippen LogP contribution is 2.36. The minimum absolute atomic E-state index is 0.0844. The number of nitrogens with zero attached hydrogens (tertiary/aromatic N) is 4. The van der Waals surface area contributed by atoms with E-state index in [9.17, 15) is 4.79 Å². The van der Waals surface area contributed by atoms with Gasteiger partial charge in [0.15, 0.2) is 0 Å². The summed E-state index contributed by atoms with van der Waals surface area (Å²) in [4.78, 5) is 26.3. The fourth-order valence-corrected chi connectivity index (χ4v) is 5.31. The molecule has 8 nitrogen and oxygen atoms in total. The lowest BCUT2D eigenvalue weighted by molar-refractivity contribution is -0.125. The molecule has 0 spiro atoms. The summed E-state index contributed by atoms with van der Waals surface area (Å²) in [6.45, 7) is 0. The Morgan fingerprint density at radius 2 is 1.78 bits per heavy atom. The van der Waals surface area contributed by atoms with E-state index in [1.165, 1.54) is 0 Å². The molecule has 0 unspecified atom stereocenters. The highest BCUT2D eigenvalue weighted by Gasteiger charge is 2.29. The zero-order chi connectivity index (χ0) is 25.4. The van der Waals surface area contributed by atoms with Gasteiger partial charge in [-0.1, -0.05) is 30.3 Å². The summed E-state index contributed by atoms with van der Waals surface area (Å²) in [7, 11) is 1.71. The Hall–Kier alpha value is -4.46. The van der Waals surface area contributed by atoms with Crippen LogP contribution < -0.4 is 16.4 Å². The van der Waals surface area contributed by atoms with Crippen LogP contribution in [0.25, 0.3) is 27.7 Å². The Morgan fingerprint density at radius 3 is 2.57 bits per heavy atom.